The molecule has 3 N–H and O–H groups in total. The van der Waals surface area contributed by atoms with Crippen molar-refractivity contribution in [2.24, 2.45) is 0 Å². The van der Waals surface area contributed by atoms with E-state index < -0.39 is 6.04 Å². The molecule has 0 radical (unpaired) electrons. The van der Waals surface area contributed by atoms with Crippen LogP contribution in [0.25, 0.3) is 10.9 Å². The lowest BCUT2D eigenvalue weighted by Gasteiger charge is -2.19. The largest absolute Gasteiger partial charge is 0.490 e. The quantitative estimate of drug-likeness (QED) is 0.340. The maximum Gasteiger partial charge on any atom is 0.255 e. The Labute approximate surface area is 210 Å². The number of aliphatic hydroxyl groups excluding tert-OH is 1. The minimum absolute atomic E-state index is 0.123. The van der Waals surface area contributed by atoms with Gasteiger partial charge in [0.05, 0.1) is 35.9 Å². The first kappa shape index (κ1) is 24.6. The van der Waals surface area contributed by atoms with Gasteiger partial charge in [0.15, 0.2) is 0 Å². The SMILES string of the molecule is CC(C)Oc1ccc(C#Cc2cccc(C#N)c2)cc1C(=O)N[C@@H](CO)Cc1c[nH]c2ccccc12. The molecule has 180 valence electrons. The number of nitrogens with one attached hydrogen (secondary N) is 2. The summed E-state index contributed by atoms with van der Waals surface area (Å²) in [5, 5.41) is 23.1. The van der Waals surface area contributed by atoms with E-state index in [0.29, 0.717) is 34.4 Å². The Morgan fingerprint density at radius 2 is 1.78 bits per heavy atom. The summed E-state index contributed by atoms with van der Waals surface area (Å²) in [4.78, 5) is 16.6. The van der Waals surface area contributed by atoms with Crippen molar-refractivity contribution in [1.29, 1.82) is 5.26 Å². The van der Waals surface area contributed by atoms with Gasteiger partial charge in [-0.1, -0.05) is 36.1 Å². The molecule has 1 atom stereocenters. The van der Waals surface area contributed by atoms with Crippen molar-refractivity contribution >= 4 is 16.8 Å². The Hall–Kier alpha value is -4.52. The number of hydrogen-bond donors (Lipinski definition) is 3. The topological polar surface area (TPSA) is 98.1 Å². The van der Waals surface area contributed by atoms with Crippen LogP contribution in [-0.4, -0.2) is 34.8 Å². The van der Waals surface area contributed by atoms with Gasteiger partial charge in [-0.25, -0.2) is 0 Å². The second-order valence-corrected chi connectivity index (χ2v) is 8.74. The maximum absolute atomic E-state index is 13.3. The first-order valence-electron chi connectivity index (χ1n) is 11.8. The molecular formula is C30H27N3O3. The second kappa shape index (κ2) is 11.3. The highest BCUT2D eigenvalue weighted by molar-refractivity contribution is 5.97. The van der Waals surface area contributed by atoms with Crippen molar-refractivity contribution in [3.05, 3.63) is 101 Å². The van der Waals surface area contributed by atoms with Gasteiger partial charge in [0.1, 0.15) is 5.75 Å². The summed E-state index contributed by atoms with van der Waals surface area (Å²) in [6.45, 7) is 3.58. The number of H-pyrrole nitrogens is 1. The van der Waals surface area contributed by atoms with E-state index in [9.17, 15) is 9.90 Å². The molecule has 6 nitrogen and oxygen atoms in total. The third-order valence-corrected chi connectivity index (χ3v) is 5.63. The van der Waals surface area contributed by atoms with E-state index in [0.717, 1.165) is 16.5 Å². The van der Waals surface area contributed by atoms with Crippen LogP contribution in [0.4, 0.5) is 0 Å². The summed E-state index contributed by atoms with van der Waals surface area (Å²) < 4.78 is 5.88. The molecule has 4 aromatic rings. The molecule has 0 aliphatic carbocycles. The Balaban J connectivity index is 1.58. The fourth-order valence-corrected chi connectivity index (χ4v) is 3.94. The molecule has 0 fully saturated rings. The number of fused-ring (bicyclic) bond motifs is 1. The van der Waals surface area contributed by atoms with Crippen molar-refractivity contribution in [3.8, 4) is 23.7 Å². The van der Waals surface area contributed by atoms with Crippen LogP contribution >= 0.6 is 0 Å². The predicted molar refractivity (Wildman–Crippen MR) is 140 cm³/mol. The average molecular weight is 478 g/mol. The first-order valence-corrected chi connectivity index (χ1v) is 11.8. The fourth-order valence-electron chi connectivity index (χ4n) is 3.94. The molecule has 6 heteroatoms. The Bertz CT molecular complexity index is 1480. The molecule has 0 aliphatic rings. The van der Waals surface area contributed by atoms with E-state index in [1.165, 1.54) is 0 Å². The summed E-state index contributed by atoms with van der Waals surface area (Å²) in [6, 6.07) is 21.8. The molecule has 3 aromatic carbocycles. The van der Waals surface area contributed by atoms with Crippen molar-refractivity contribution < 1.29 is 14.6 Å². The number of carbonyl (C=O) groups is 1. The number of benzene rings is 3. The average Bonchev–Trinajstić information content (AvgIpc) is 3.30. The van der Waals surface area contributed by atoms with E-state index >= 15 is 0 Å². The molecule has 4 rings (SSSR count). The van der Waals surface area contributed by atoms with E-state index in [2.05, 4.69) is 28.2 Å². The number of hydrogen-bond acceptors (Lipinski definition) is 4. The van der Waals surface area contributed by atoms with Gasteiger partial charge in [0, 0.05) is 28.2 Å². The molecule has 0 unspecified atom stereocenters. The van der Waals surface area contributed by atoms with Gasteiger partial charge in [-0.2, -0.15) is 5.26 Å². The Morgan fingerprint density at radius 3 is 2.53 bits per heavy atom. The molecule has 0 aliphatic heterocycles. The van der Waals surface area contributed by atoms with E-state index in [4.69, 9.17) is 10.00 Å². The zero-order valence-corrected chi connectivity index (χ0v) is 20.2. The minimum atomic E-state index is -0.480. The number of aromatic amines is 1. The summed E-state index contributed by atoms with van der Waals surface area (Å²) in [6.07, 6.45) is 2.26. The van der Waals surface area contributed by atoms with Gasteiger partial charge in [0.25, 0.3) is 5.91 Å². The minimum Gasteiger partial charge on any atom is -0.490 e. The lowest BCUT2D eigenvalue weighted by atomic mass is 10.0. The van der Waals surface area contributed by atoms with Crippen LogP contribution in [-0.2, 0) is 6.42 Å². The molecule has 0 spiro atoms. The van der Waals surface area contributed by atoms with Crippen molar-refractivity contribution in [2.75, 3.05) is 6.61 Å². The lowest BCUT2D eigenvalue weighted by Crippen LogP contribution is -2.39. The zero-order valence-electron chi connectivity index (χ0n) is 20.2. The number of aliphatic hydroxyl groups is 1. The Kier molecular flexibility index (Phi) is 7.70. The van der Waals surface area contributed by atoms with Crippen LogP contribution in [0.3, 0.4) is 0 Å². The molecule has 0 bridgehead atoms. The number of nitrogens with zero attached hydrogens (tertiary/aromatic N) is 1. The fraction of sp³-hybridized carbons (Fsp3) is 0.200. The number of amides is 1. The van der Waals surface area contributed by atoms with Crippen molar-refractivity contribution in [1.82, 2.24) is 10.3 Å². The molecule has 1 aromatic heterocycles. The van der Waals surface area contributed by atoms with Gasteiger partial charge in [0.2, 0.25) is 0 Å². The summed E-state index contributed by atoms with van der Waals surface area (Å²) in [5.74, 6) is 6.21. The molecular weight excluding hydrogens is 450 g/mol. The number of carbonyl (C=O) groups excluding carboxylic acids is 1. The van der Waals surface area contributed by atoms with Gasteiger partial charge in [-0.15, -0.1) is 0 Å². The number of para-hydroxylation sites is 1. The van der Waals surface area contributed by atoms with E-state index in [-0.39, 0.29) is 18.6 Å². The third kappa shape index (κ3) is 5.93. The number of ether oxygens (including phenoxy) is 1. The maximum atomic E-state index is 13.3. The lowest BCUT2D eigenvalue weighted by molar-refractivity contribution is 0.0910. The highest BCUT2D eigenvalue weighted by atomic mass is 16.5. The molecule has 36 heavy (non-hydrogen) atoms. The van der Waals surface area contributed by atoms with Gasteiger partial charge >= 0.3 is 0 Å². The zero-order chi connectivity index (χ0) is 25.5. The first-order chi connectivity index (χ1) is 17.5. The number of nitriles is 1. The molecule has 1 amide bonds. The van der Waals surface area contributed by atoms with Crippen LogP contribution in [0, 0.1) is 23.2 Å². The van der Waals surface area contributed by atoms with E-state index in [1.54, 1.807) is 36.4 Å². The number of rotatable bonds is 7. The van der Waals surface area contributed by atoms with Crippen LogP contribution in [0.1, 0.15) is 46.5 Å². The van der Waals surface area contributed by atoms with Crippen LogP contribution in [0.2, 0.25) is 0 Å². The van der Waals surface area contributed by atoms with Gasteiger partial charge < -0.3 is 20.1 Å². The van der Waals surface area contributed by atoms with Gasteiger partial charge in [-0.3, -0.25) is 4.79 Å². The molecule has 0 saturated heterocycles. The van der Waals surface area contributed by atoms with Gasteiger partial charge in [-0.05, 0) is 68.3 Å². The van der Waals surface area contributed by atoms with Crippen LogP contribution in [0.15, 0.2) is 72.9 Å². The summed E-state index contributed by atoms with van der Waals surface area (Å²) in [7, 11) is 0. The standard InChI is InChI=1S/C30H27N3O3/c1-20(2)36-29-13-12-22(11-10-21-6-5-7-23(14-21)17-31)15-27(29)30(35)33-25(19-34)16-24-18-32-28-9-4-3-8-26(24)28/h3-9,12-15,18,20,25,32,34H,16,19H2,1-2H3,(H,33,35)/t25-/m1/s1. The smallest absolute Gasteiger partial charge is 0.255 e. The highest BCUT2D eigenvalue weighted by Crippen LogP contribution is 2.23. The van der Waals surface area contributed by atoms with Crippen LogP contribution < -0.4 is 10.1 Å². The summed E-state index contributed by atoms with van der Waals surface area (Å²) in [5.41, 5.74) is 4.25. The van der Waals surface area contributed by atoms with Crippen molar-refractivity contribution in [2.45, 2.75) is 32.4 Å². The highest BCUT2D eigenvalue weighted by Gasteiger charge is 2.19. The van der Waals surface area contributed by atoms with E-state index in [1.807, 2.05) is 50.4 Å². The summed E-state index contributed by atoms with van der Waals surface area (Å²) >= 11 is 0. The van der Waals surface area contributed by atoms with Crippen LogP contribution in [0.5, 0.6) is 5.75 Å². The molecule has 1 heterocycles. The number of aromatic nitrogens is 1. The second-order valence-electron chi connectivity index (χ2n) is 8.74. The molecule has 0 saturated carbocycles. The normalized spacial score (nSPS) is 11.4. The van der Waals surface area contributed by atoms with Crippen molar-refractivity contribution in [3.63, 3.8) is 0 Å². The Morgan fingerprint density at radius 1 is 1.03 bits per heavy atom. The predicted octanol–water partition coefficient (Wildman–Crippen LogP) is 4.56. The third-order valence-electron chi connectivity index (χ3n) is 5.63. The monoisotopic (exact) mass is 477 g/mol.